The Balaban J connectivity index is 1.94. The molecule has 1 saturated carbocycles. The van der Waals surface area contributed by atoms with Gasteiger partial charge in [-0.3, -0.25) is 4.79 Å². The molecule has 1 fully saturated rings. The largest absolute Gasteiger partial charge is 0.464 e. The van der Waals surface area contributed by atoms with Crippen LogP contribution < -0.4 is 5.43 Å². The normalized spacial score (nSPS) is 18.2. The number of fused-ring (bicyclic) bond motifs is 1. The zero-order chi connectivity index (χ0) is 14.0. The molecule has 3 nitrogen and oxygen atoms in total. The van der Waals surface area contributed by atoms with Gasteiger partial charge in [0.25, 0.3) is 0 Å². The van der Waals surface area contributed by atoms with E-state index in [1.54, 1.807) is 7.11 Å². The number of rotatable bonds is 3. The van der Waals surface area contributed by atoms with Crippen molar-refractivity contribution in [1.29, 1.82) is 0 Å². The highest BCUT2D eigenvalue weighted by atomic mass is 16.5. The van der Waals surface area contributed by atoms with E-state index in [9.17, 15) is 4.79 Å². The topological polar surface area (TPSA) is 39.4 Å². The van der Waals surface area contributed by atoms with E-state index in [0.29, 0.717) is 11.0 Å². The van der Waals surface area contributed by atoms with Crippen LogP contribution >= 0.6 is 0 Å². The van der Waals surface area contributed by atoms with Crippen LogP contribution in [0.4, 0.5) is 0 Å². The van der Waals surface area contributed by atoms with Crippen LogP contribution in [0, 0.1) is 0 Å². The molecule has 1 heterocycles. The first-order valence-corrected chi connectivity index (χ1v) is 7.28. The quantitative estimate of drug-likeness (QED) is 0.855. The predicted octanol–water partition coefficient (Wildman–Crippen LogP) is 3.68. The van der Waals surface area contributed by atoms with Crippen LogP contribution in [0.15, 0.2) is 39.7 Å². The summed E-state index contributed by atoms with van der Waals surface area (Å²) in [5.41, 5.74) is 1.76. The van der Waals surface area contributed by atoms with Gasteiger partial charge in [0.15, 0.2) is 5.43 Å². The number of hydrogen-bond donors (Lipinski definition) is 0. The Morgan fingerprint density at radius 2 is 2.00 bits per heavy atom. The molecule has 0 N–H and O–H groups in total. The summed E-state index contributed by atoms with van der Waals surface area (Å²) in [5, 5.41) is 0.659. The first-order chi connectivity index (χ1) is 9.72. The molecule has 1 aliphatic carbocycles. The van der Waals surface area contributed by atoms with Gasteiger partial charge >= 0.3 is 0 Å². The molecule has 2 aromatic rings. The minimum atomic E-state index is -0.0547. The van der Waals surface area contributed by atoms with Crippen molar-refractivity contribution in [2.45, 2.75) is 44.1 Å². The fourth-order valence-corrected chi connectivity index (χ4v) is 3.26. The Morgan fingerprint density at radius 3 is 2.75 bits per heavy atom. The minimum absolute atomic E-state index is 0.0169. The molecule has 0 radical (unpaired) electrons. The van der Waals surface area contributed by atoms with Gasteiger partial charge in [0.1, 0.15) is 5.58 Å². The van der Waals surface area contributed by atoms with Crippen molar-refractivity contribution >= 4 is 11.0 Å². The molecule has 0 unspecified atom stereocenters. The van der Waals surface area contributed by atoms with Gasteiger partial charge in [-0.05, 0) is 30.5 Å². The summed E-state index contributed by atoms with van der Waals surface area (Å²) in [4.78, 5) is 11.9. The molecule has 0 spiro atoms. The first kappa shape index (κ1) is 13.4. The summed E-state index contributed by atoms with van der Waals surface area (Å²) in [6.45, 7) is 0. The molecule has 1 aromatic carbocycles. The lowest BCUT2D eigenvalue weighted by Crippen LogP contribution is -2.36. The van der Waals surface area contributed by atoms with E-state index in [1.165, 1.54) is 31.6 Å². The van der Waals surface area contributed by atoms with E-state index >= 15 is 0 Å². The van der Waals surface area contributed by atoms with Gasteiger partial charge in [0, 0.05) is 19.6 Å². The van der Waals surface area contributed by atoms with Gasteiger partial charge in [0.2, 0.25) is 0 Å². The van der Waals surface area contributed by atoms with Gasteiger partial charge in [0.05, 0.1) is 17.3 Å². The zero-order valence-electron chi connectivity index (χ0n) is 11.9. The van der Waals surface area contributed by atoms with Gasteiger partial charge in [-0.2, -0.15) is 0 Å². The van der Waals surface area contributed by atoms with Crippen molar-refractivity contribution in [1.82, 2.24) is 0 Å². The van der Waals surface area contributed by atoms with Crippen LogP contribution in [0.25, 0.3) is 11.0 Å². The average Bonchev–Trinajstić information content (AvgIpc) is 2.49. The van der Waals surface area contributed by atoms with Crippen LogP contribution in [0.1, 0.15) is 37.7 Å². The predicted molar refractivity (Wildman–Crippen MR) is 79.0 cm³/mol. The number of ether oxygens (including phenoxy) is 1. The van der Waals surface area contributed by atoms with Gasteiger partial charge < -0.3 is 9.15 Å². The lowest BCUT2D eigenvalue weighted by Gasteiger charge is -2.36. The lowest BCUT2D eigenvalue weighted by atomic mass is 9.80. The Bertz CT molecular complexity index is 651. The monoisotopic (exact) mass is 272 g/mol. The second-order valence-corrected chi connectivity index (χ2v) is 5.74. The summed E-state index contributed by atoms with van der Waals surface area (Å²) < 4.78 is 11.2. The number of hydrogen-bond acceptors (Lipinski definition) is 3. The zero-order valence-corrected chi connectivity index (χ0v) is 11.9. The summed E-state index contributed by atoms with van der Waals surface area (Å²) in [6, 6.07) is 7.36. The van der Waals surface area contributed by atoms with E-state index in [-0.39, 0.29) is 11.0 Å². The number of benzene rings is 1. The van der Waals surface area contributed by atoms with Crippen molar-refractivity contribution in [3.8, 4) is 0 Å². The highest BCUT2D eigenvalue weighted by molar-refractivity contribution is 5.76. The van der Waals surface area contributed by atoms with Crippen LogP contribution in [0.2, 0.25) is 0 Å². The Morgan fingerprint density at radius 1 is 1.20 bits per heavy atom. The smallest absolute Gasteiger partial charge is 0.192 e. The van der Waals surface area contributed by atoms with E-state index in [4.69, 9.17) is 9.15 Å². The second-order valence-electron chi connectivity index (χ2n) is 5.74. The maximum Gasteiger partial charge on any atom is 0.192 e. The molecule has 0 aliphatic heterocycles. The fraction of sp³-hybridized carbons (Fsp3) is 0.471. The van der Waals surface area contributed by atoms with E-state index in [0.717, 1.165) is 24.8 Å². The lowest BCUT2D eigenvalue weighted by molar-refractivity contribution is -0.0385. The van der Waals surface area contributed by atoms with Crippen LogP contribution in [-0.2, 0) is 11.2 Å². The third-order valence-corrected chi connectivity index (χ3v) is 4.45. The van der Waals surface area contributed by atoms with Gasteiger partial charge in [-0.1, -0.05) is 25.3 Å². The van der Waals surface area contributed by atoms with E-state index < -0.39 is 0 Å². The first-order valence-electron chi connectivity index (χ1n) is 7.28. The van der Waals surface area contributed by atoms with Crippen molar-refractivity contribution in [3.05, 3.63) is 46.3 Å². The molecule has 1 aliphatic rings. The molecular weight excluding hydrogens is 252 g/mol. The molecule has 0 amide bonds. The Kier molecular flexibility index (Phi) is 3.62. The standard InChI is InChI=1S/C17H20O3/c1-19-17(8-3-2-4-9-17)12-13-5-6-16-14(11-13)15(18)7-10-20-16/h5-7,10-11H,2-4,8-9,12H2,1H3. The van der Waals surface area contributed by atoms with Gasteiger partial charge in [-0.25, -0.2) is 0 Å². The summed E-state index contributed by atoms with van der Waals surface area (Å²) >= 11 is 0. The van der Waals surface area contributed by atoms with Crippen molar-refractivity contribution in [2.75, 3.05) is 7.11 Å². The molecule has 3 rings (SSSR count). The average molecular weight is 272 g/mol. The molecule has 0 atom stereocenters. The van der Waals surface area contributed by atoms with Gasteiger partial charge in [-0.15, -0.1) is 0 Å². The third-order valence-electron chi connectivity index (χ3n) is 4.45. The van der Waals surface area contributed by atoms with Crippen molar-refractivity contribution < 1.29 is 9.15 Å². The number of methoxy groups -OCH3 is 1. The van der Waals surface area contributed by atoms with Crippen molar-refractivity contribution in [2.24, 2.45) is 0 Å². The Hall–Kier alpha value is -1.61. The third kappa shape index (κ3) is 2.50. The molecule has 1 aromatic heterocycles. The highest BCUT2D eigenvalue weighted by Crippen LogP contribution is 2.34. The molecular formula is C17H20O3. The van der Waals surface area contributed by atoms with Crippen molar-refractivity contribution in [3.63, 3.8) is 0 Å². The Labute approximate surface area is 118 Å². The summed E-state index contributed by atoms with van der Waals surface area (Å²) in [5.74, 6) is 0. The molecule has 20 heavy (non-hydrogen) atoms. The minimum Gasteiger partial charge on any atom is -0.464 e. The van der Waals surface area contributed by atoms with E-state index in [2.05, 4.69) is 0 Å². The highest BCUT2D eigenvalue weighted by Gasteiger charge is 2.31. The second kappa shape index (κ2) is 5.41. The summed E-state index contributed by atoms with van der Waals surface area (Å²) in [6.07, 6.45) is 8.27. The van der Waals surface area contributed by atoms with E-state index in [1.807, 2.05) is 18.2 Å². The van der Waals surface area contributed by atoms with Crippen LogP contribution in [-0.4, -0.2) is 12.7 Å². The maximum absolute atomic E-state index is 11.9. The molecule has 0 saturated heterocycles. The molecule has 3 heteroatoms. The summed E-state index contributed by atoms with van der Waals surface area (Å²) in [7, 11) is 1.81. The maximum atomic E-state index is 11.9. The SMILES string of the molecule is COC1(Cc2ccc3occc(=O)c3c2)CCCCC1. The van der Waals surface area contributed by atoms with Crippen LogP contribution in [0.5, 0.6) is 0 Å². The fourth-order valence-electron chi connectivity index (χ4n) is 3.26. The molecule has 106 valence electrons. The van der Waals surface area contributed by atoms with Crippen LogP contribution in [0.3, 0.4) is 0 Å². The molecule has 0 bridgehead atoms.